The molecule has 0 saturated heterocycles. The van der Waals surface area contributed by atoms with Crippen molar-refractivity contribution in [2.75, 3.05) is 12.8 Å². The minimum absolute atomic E-state index is 0.402. The van der Waals surface area contributed by atoms with E-state index >= 15 is 0 Å². The Kier molecular flexibility index (Phi) is 12.0. The van der Waals surface area contributed by atoms with Crippen molar-refractivity contribution >= 4 is 11.8 Å². The molecule has 70 valence electrons. The predicted octanol–water partition coefficient (Wildman–Crippen LogP) is 1.86. The lowest BCUT2D eigenvalue weighted by molar-refractivity contribution is 1.11. The molecule has 0 bridgehead atoms. The van der Waals surface area contributed by atoms with E-state index in [0.29, 0.717) is 12.2 Å². The average Bonchev–Trinajstić information content (AvgIpc) is 2.05. The molecule has 3 heteroatoms. The van der Waals surface area contributed by atoms with Gasteiger partial charge in [-0.2, -0.15) is 0 Å². The van der Waals surface area contributed by atoms with Gasteiger partial charge in [0.1, 0.15) is 0 Å². The number of hydrogen-bond donors (Lipinski definition) is 2. The molecule has 0 amide bonds. The first-order chi connectivity index (χ1) is 5.62. The first-order valence-corrected chi connectivity index (χ1v) is 4.80. The van der Waals surface area contributed by atoms with Gasteiger partial charge >= 0.3 is 0 Å². The second kappa shape index (κ2) is 10.3. The molecule has 0 atom stereocenters. The molecule has 0 spiro atoms. The molecule has 0 aromatic heterocycles. The molecule has 0 saturated carbocycles. The lowest BCUT2D eigenvalue weighted by Gasteiger charge is -1.95. The fourth-order valence-electron chi connectivity index (χ4n) is 0.325. The van der Waals surface area contributed by atoms with Crippen LogP contribution >= 0.6 is 11.8 Å². The summed E-state index contributed by atoms with van der Waals surface area (Å²) in [5.41, 5.74) is 11.3. The van der Waals surface area contributed by atoms with Gasteiger partial charge in [-0.3, -0.25) is 0 Å². The maximum atomic E-state index is 5.41. The molecule has 0 aliphatic carbocycles. The highest BCUT2D eigenvalue weighted by molar-refractivity contribution is 8.02. The fraction of sp³-hybridized carbons (Fsp3) is 0.333. The van der Waals surface area contributed by atoms with Crippen molar-refractivity contribution in [2.45, 2.75) is 6.92 Å². The Morgan fingerprint density at radius 3 is 2.25 bits per heavy atom. The highest BCUT2D eigenvalue weighted by Gasteiger charge is 1.86. The van der Waals surface area contributed by atoms with Gasteiger partial charge < -0.3 is 11.5 Å². The minimum atomic E-state index is 0.402. The highest BCUT2D eigenvalue weighted by Crippen LogP contribution is 2.09. The van der Waals surface area contributed by atoms with Crippen molar-refractivity contribution in [1.82, 2.24) is 0 Å². The molecule has 0 radical (unpaired) electrons. The second-order valence-electron chi connectivity index (χ2n) is 2.00. The van der Waals surface area contributed by atoms with Gasteiger partial charge in [-0.15, -0.1) is 18.3 Å². The standard InChI is InChI=1S/C6H12N2S.C3H6/c1-5(9-2)3-6(8)4-7;1-3-2/h3H,1,4,7-8H2,2H3;3H,1H2,2H3/b6-3+;. The van der Waals surface area contributed by atoms with Crippen molar-refractivity contribution < 1.29 is 0 Å². The van der Waals surface area contributed by atoms with Crippen molar-refractivity contribution in [2.24, 2.45) is 11.5 Å². The van der Waals surface area contributed by atoms with E-state index in [-0.39, 0.29) is 0 Å². The Morgan fingerprint density at radius 1 is 1.58 bits per heavy atom. The van der Waals surface area contributed by atoms with Crippen LogP contribution < -0.4 is 11.5 Å². The van der Waals surface area contributed by atoms with Crippen LogP contribution in [0.1, 0.15) is 6.92 Å². The fourth-order valence-corrected chi connectivity index (χ4v) is 0.594. The van der Waals surface area contributed by atoms with E-state index in [9.17, 15) is 0 Å². The van der Waals surface area contributed by atoms with Crippen molar-refractivity contribution in [1.29, 1.82) is 0 Å². The maximum Gasteiger partial charge on any atom is 0.0327 e. The van der Waals surface area contributed by atoms with Crippen LogP contribution in [-0.2, 0) is 0 Å². The average molecular weight is 186 g/mol. The molecule has 0 aliphatic heterocycles. The molecule has 12 heavy (non-hydrogen) atoms. The highest BCUT2D eigenvalue weighted by atomic mass is 32.2. The van der Waals surface area contributed by atoms with Crippen molar-refractivity contribution in [3.05, 3.63) is 35.9 Å². The monoisotopic (exact) mass is 186 g/mol. The van der Waals surface area contributed by atoms with Crippen LogP contribution in [0.4, 0.5) is 0 Å². The third kappa shape index (κ3) is 12.0. The van der Waals surface area contributed by atoms with Crippen LogP contribution in [-0.4, -0.2) is 12.8 Å². The third-order valence-corrected chi connectivity index (χ3v) is 1.49. The minimum Gasteiger partial charge on any atom is -0.401 e. The molecule has 0 heterocycles. The summed E-state index contributed by atoms with van der Waals surface area (Å²) in [7, 11) is 0. The molecule has 0 aliphatic rings. The zero-order valence-electron chi connectivity index (χ0n) is 7.84. The molecule has 0 rings (SSSR count). The van der Waals surface area contributed by atoms with Crippen molar-refractivity contribution in [3.63, 3.8) is 0 Å². The van der Waals surface area contributed by atoms with Gasteiger partial charge in [-0.05, 0) is 19.3 Å². The molecule has 0 fully saturated rings. The Hall–Kier alpha value is -0.670. The summed E-state index contributed by atoms with van der Waals surface area (Å²) in [5.74, 6) is 0. The summed E-state index contributed by atoms with van der Waals surface area (Å²) >= 11 is 1.56. The molecular formula is C9H18N2S. The van der Waals surface area contributed by atoms with Crippen LogP contribution in [0.25, 0.3) is 0 Å². The lowest BCUT2D eigenvalue weighted by atomic mass is 10.4. The third-order valence-electron chi connectivity index (χ3n) is 0.844. The van der Waals surface area contributed by atoms with Crippen molar-refractivity contribution in [3.8, 4) is 0 Å². The topological polar surface area (TPSA) is 52.0 Å². The summed E-state index contributed by atoms with van der Waals surface area (Å²) in [6.45, 7) is 9.36. The molecule has 0 aromatic rings. The van der Waals surface area contributed by atoms with E-state index in [1.165, 1.54) is 0 Å². The zero-order valence-corrected chi connectivity index (χ0v) is 8.66. The molecule has 2 nitrogen and oxygen atoms in total. The zero-order chi connectivity index (χ0) is 9.98. The summed E-state index contributed by atoms with van der Waals surface area (Å²) in [6.07, 6.45) is 5.48. The smallest absolute Gasteiger partial charge is 0.0327 e. The van der Waals surface area contributed by atoms with E-state index < -0.39 is 0 Å². The summed E-state index contributed by atoms with van der Waals surface area (Å²) in [5, 5.41) is 0. The first-order valence-electron chi connectivity index (χ1n) is 3.58. The summed E-state index contributed by atoms with van der Waals surface area (Å²) in [6, 6.07) is 0. The Balaban J connectivity index is 0. The number of rotatable bonds is 3. The lowest BCUT2D eigenvalue weighted by Crippen LogP contribution is -2.10. The van der Waals surface area contributed by atoms with Gasteiger partial charge in [0, 0.05) is 17.1 Å². The number of allylic oxidation sites excluding steroid dienone is 2. The van der Waals surface area contributed by atoms with Gasteiger partial charge in [0.15, 0.2) is 0 Å². The van der Waals surface area contributed by atoms with Gasteiger partial charge in [0.2, 0.25) is 0 Å². The van der Waals surface area contributed by atoms with Crippen LogP contribution in [0.3, 0.4) is 0 Å². The number of nitrogens with two attached hydrogens (primary N) is 2. The largest absolute Gasteiger partial charge is 0.401 e. The van der Waals surface area contributed by atoms with E-state index in [1.54, 1.807) is 23.9 Å². The van der Waals surface area contributed by atoms with Crippen LogP contribution in [0.5, 0.6) is 0 Å². The number of thioether (sulfide) groups is 1. The van der Waals surface area contributed by atoms with E-state index in [4.69, 9.17) is 11.5 Å². The Labute approximate surface area is 79.4 Å². The molecular weight excluding hydrogens is 168 g/mol. The van der Waals surface area contributed by atoms with Gasteiger partial charge in [-0.25, -0.2) is 0 Å². The second-order valence-corrected chi connectivity index (χ2v) is 2.93. The molecule has 0 unspecified atom stereocenters. The Bertz CT molecular complexity index is 162. The normalized spacial score (nSPS) is 9.75. The SMILES string of the molecule is C=C(/C=C(/N)CN)SC.C=CC. The van der Waals surface area contributed by atoms with Crippen LogP contribution in [0, 0.1) is 0 Å². The van der Waals surface area contributed by atoms with Gasteiger partial charge in [0.05, 0.1) is 0 Å². The van der Waals surface area contributed by atoms with Gasteiger partial charge in [-0.1, -0.05) is 12.7 Å². The molecule has 4 N–H and O–H groups in total. The summed E-state index contributed by atoms with van der Waals surface area (Å²) in [4.78, 5) is 0.943. The Morgan fingerprint density at radius 2 is 2.00 bits per heavy atom. The van der Waals surface area contributed by atoms with E-state index in [0.717, 1.165) is 4.91 Å². The summed E-state index contributed by atoms with van der Waals surface area (Å²) < 4.78 is 0. The maximum absolute atomic E-state index is 5.41. The first kappa shape index (κ1) is 13.9. The number of hydrogen-bond acceptors (Lipinski definition) is 3. The van der Waals surface area contributed by atoms with Gasteiger partial charge in [0.25, 0.3) is 0 Å². The molecule has 0 aromatic carbocycles. The predicted molar refractivity (Wildman–Crippen MR) is 59.9 cm³/mol. The van der Waals surface area contributed by atoms with Crippen LogP contribution in [0.15, 0.2) is 35.9 Å². The quantitative estimate of drug-likeness (QED) is 0.522. The van der Waals surface area contributed by atoms with E-state index in [1.807, 2.05) is 13.2 Å². The van der Waals surface area contributed by atoms with E-state index in [2.05, 4.69) is 13.2 Å². The van der Waals surface area contributed by atoms with Crippen LogP contribution in [0.2, 0.25) is 0 Å².